The Labute approximate surface area is 119 Å². The van der Waals surface area contributed by atoms with Crippen molar-refractivity contribution in [3.8, 4) is 0 Å². The van der Waals surface area contributed by atoms with Crippen molar-refractivity contribution in [1.82, 2.24) is 24.1 Å². The molecule has 0 radical (unpaired) electrons. The fourth-order valence-electron chi connectivity index (χ4n) is 2.08. The monoisotopic (exact) mass is 289 g/mol. The Kier molecular flexibility index (Phi) is 3.37. The first-order valence-electron chi connectivity index (χ1n) is 6.27. The van der Waals surface area contributed by atoms with Crippen LogP contribution in [0.2, 0.25) is 0 Å². The standard InChI is InChI=1S/C13H15N5OS/c1-10-14-7-11(20-10)8-16(2)9-18-13(19)17-6-4-3-5-12(17)15-18/h3-7H,8-9H2,1-2H3. The lowest BCUT2D eigenvalue weighted by Gasteiger charge is -2.14. The van der Waals surface area contributed by atoms with Crippen LogP contribution in [0.25, 0.3) is 5.65 Å². The fraction of sp³-hybridized carbons (Fsp3) is 0.308. The van der Waals surface area contributed by atoms with E-state index in [1.54, 1.807) is 21.9 Å². The zero-order valence-electron chi connectivity index (χ0n) is 11.4. The van der Waals surface area contributed by atoms with E-state index in [1.165, 1.54) is 9.56 Å². The van der Waals surface area contributed by atoms with Gasteiger partial charge in [-0.1, -0.05) is 6.07 Å². The van der Waals surface area contributed by atoms with Crippen molar-refractivity contribution in [2.24, 2.45) is 0 Å². The van der Waals surface area contributed by atoms with Gasteiger partial charge in [-0.05, 0) is 26.1 Å². The molecule has 20 heavy (non-hydrogen) atoms. The normalized spacial score (nSPS) is 11.6. The largest absolute Gasteiger partial charge is 0.351 e. The molecule has 3 aromatic heterocycles. The van der Waals surface area contributed by atoms with Crippen molar-refractivity contribution in [3.63, 3.8) is 0 Å². The van der Waals surface area contributed by atoms with Gasteiger partial charge >= 0.3 is 5.69 Å². The molecule has 3 aromatic rings. The molecule has 0 amide bonds. The van der Waals surface area contributed by atoms with E-state index in [0.29, 0.717) is 12.3 Å². The van der Waals surface area contributed by atoms with Gasteiger partial charge in [0.15, 0.2) is 5.65 Å². The number of nitrogens with zero attached hydrogens (tertiary/aromatic N) is 5. The van der Waals surface area contributed by atoms with Crippen LogP contribution in [-0.2, 0) is 13.2 Å². The highest BCUT2D eigenvalue weighted by Crippen LogP contribution is 2.13. The Morgan fingerprint density at radius 2 is 2.25 bits per heavy atom. The Hall–Kier alpha value is -1.99. The molecule has 0 unspecified atom stereocenters. The van der Waals surface area contributed by atoms with Crippen LogP contribution in [0.15, 0.2) is 35.4 Å². The second-order valence-electron chi connectivity index (χ2n) is 4.71. The number of rotatable bonds is 4. The topological polar surface area (TPSA) is 55.4 Å². The molecule has 0 atom stereocenters. The van der Waals surface area contributed by atoms with Gasteiger partial charge in [0.25, 0.3) is 0 Å². The lowest BCUT2D eigenvalue weighted by molar-refractivity contribution is 0.244. The van der Waals surface area contributed by atoms with E-state index in [1.807, 2.05) is 43.3 Å². The lowest BCUT2D eigenvalue weighted by atomic mass is 10.5. The van der Waals surface area contributed by atoms with Crippen molar-refractivity contribution in [2.75, 3.05) is 7.05 Å². The van der Waals surface area contributed by atoms with Crippen LogP contribution in [0.5, 0.6) is 0 Å². The van der Waals surface area contributed by atoms with Crippen molar-refractivity contribution >= 4 is 17.0 Å². The zero-order chi connectivity index (χ0) is 14.1. The number of aromatic nitrogens is 4. The summed E-state index contributed by atoms with van der Waals surface area (Å²) in [5.74, 6) is 0. The van der Waals surface area contributed by atoms with Crippen molar-refractivity contribution in [2.45, 2.75) is 20.1 Å². The second kappa shape index (κ2) is 5.18. The molecule has 0 aliphatic heterocycles. The van der Waals surface area contributed by atoms with Crippen LogP contribution in [0, 0.1) is 6.92 Å². The van der Waals surface area contributed by atoms with E-state index < -0.39 is 0 Å². The number of hydrogen-bond donors (Lipinski definition) is 0. The van der Waals surface area contributed by atoms with Gasteiger partial charge in [-0.2, -0.15) is 4.68 Å². The van der Waals surface area contributed by atoms with Gasteiger partial charge in [-0.15, -0.1) is 16.4 Å². The van der Waals surface area contributed by atoms with E-state index >= 15 is 0 Å². The molecule has 0 fully saturated rings. The first kappa shape index (κ1) is 13.0. The van der Waals surface area contributed by atoms with Gasteiger partial charge in [-0.25, -0.2) is 9.78 Å². The van der Waals surface area contributed by atoms with Crippen molar-refractivity contribution in [3.05, 3.63) is 51.0 Å². The molecular formula is C13H15N5OS. The highest BCUT2D eigenvalue weighted by atomic mass is 32.1. The summed E-state index contributed by atoms with van der Waals surface area (Å²) in [6.07, 6.45) is 3.61. The molecule has 0 saturated heterocycles. The molecule has 0 aliphatic rings. The summed E-state index contributed by atoms with van der Waals surface area (Å²) < 4.78 is 3.02. The van der Waals surface area contributed by atoms with Crippen molar-refractivity contribution < 1.29 is 0 Å². The van der Waals surface area contributed by atoms with Gasteiger partial charge in [0.1, 0.15) is 0 Å². The minimum Gasteiger partial charge on any atom is -0.282 e. The summed E-state index contributed by atoms with van der Waals surface area (Å²) in [6.45, 7) is 3.20. The molecule has 3 rings (SSSR count). The molecule has 0 saturated carbocycles. The summed E-state index contributed by atoms with van der Waals surface area (Å²) in [6, 6.07) is 5.52. The van der Waals surface area contributed by atoms with Gasteiger partial charge in [-0.3, -0.25) is 9.30 Å². The number of aryl methyl sites for hydroxylation is 1. The van der Waals surface area contributed by atoms with Gasteiger partial charge in [0.05, 0.1) is 11.7 Å². The van der Waals surface area contributed by atoms with Crippen LogP contribution in [-0.4, -0.2) is 31.1 Å². The maximum Gasteiger partial charge on any atom is 0.351 e. The van der Waals surface area contributed by atoms with E-state index in [9.17, 15) is 4.79 Å². The predicted octanol–water partition coefficient (Wildman–Crippen LogP) is 1.35. The summed E-state index contributed by atoms with van der Waals surface area (Å²) in [7, 11) is 1.96. The smallest absolute Gasteiger partial charge is 0.282 e. The molecule has 0 spiro atoms. The summed E-state index contributed by atoms with van der Waals surface area (Å²) in [5, 5.41) is 5.37. The number of hydrogen-bond acceptors (Lipinski definition) is 5. The van der Waals surface area contributed by atoms with E-state index in [2.05, 4.69) is 10.1 Å². The van der Waals surface area contributed by atoms with Crippen LogP contribution in [0.1, 0.15) is 9.88 Å². The molecular weight excluding hydrogens is 274 g/mol. The molecule has 0 aliphatic carbocycles. The van der Waals surface area contributed by atoms with Crippen LogP contribution in [0.3, 0.4) is 0 Å². The SMILES string of the molecule is Cc1ncc(CN(C)Cn2nc3ccccn3c2=O)s1. The molecule has 0 bridgehead atoms. The fourth-order valence-corrected chi connectivity index (χ4v) is 2.96. The minimum atomic E-state index is -0.118. The number of thiazole rings is 1. The minimum absolute atomic E-state index is 0.118. The van der Waals surface area contributed by atoms with Crippen LogP contribution >= 0.6 is 11.3 Å². The van der Waals surface area contributed by atoms with Gasteiger partial charge in [0.2, 0.25) is 0 Å². The highest BCUT2D eigenvalue weighted by Gasteiger charge is 2.09. The first-order valence-corrected chi connectivity index (χ1v) is 7.09. The molecule has 3 heterocycles. The average Bonchev–Trinajstić information content (AvgIpc) is 2.95. The second-order valence-corrected chi connectivity index (χ2v) is 6.03. The molecule has 104 valence electrons. The third kappa shape index (κ3) is 2.50. The molecule has 0 aromatic carbocycles. The van der Waals surface area contributed by atoms with Crippen LogP contribution < -0.4 is 5.69 Å². The molecule has 6 nitrogen and oxygen atoms in total. The predicted molar refractivity (Wildman–Crippen MR) is 77.8 cm³/mol. The summed E-state index contributed by atoms with van der Waals surface area (Å²) in [5.41, 5.74) is 0.549. The Morgan fingerprint density at radius 3 is 2.95 bits per heavy atom. The van der Waals surface area contributed by atoms with E-state index in [0.717, 1.165) is 11.6 Å². The quantitative estimate of drug-likeness (QED) is 0.727. The maximum absolute atomic E-state index is 12.1. The van der Waals surface area contributed by atoms with Gasteiger partial charge in [0, 0.05) is 23.8 Å². The Bertz CT molecular complexity index is 787. The molecule has 7 heteroatoms. The Balaban J connectivity index is 1.79. The summed E-state index contributed by atoms with van der Waals surface area (Å²) in [4.78, 5) is 19.6. The molecule has 0 N–H and O–H groups in total. The Morgan fingerprint density at radius 1 is 1.40 bits per heavy atom. The zero-order valence-corrected chi connectivity index (χ0v) is 12.2. The van der Waals surface area contributed by atoms with E-state index in [4.69, 9.17) is 0 Å². The third-order valence-electron chi connectivity index (χ3n) is 2.96. The average molecular weight is 289 g/mol. The third-order valence-corrected chi connectivity index (χ3v) is 3.86. The number of pyridine rings is 1. The van der Waals surface area contributed by atoms with Crippen molar-refractivity contribution in [1.29, 1.82) is 0 Å². The summed E-state index contributed by atoms with van der Waals surface area (Å²) >= 11 is 1.67. The maximum atomic E-state index is 12.1. The van der Waals surface area contributed by atoms with E-state index in [-0.39, 0.29) is 5.69 Å². The van der Waals surface area contributed by atoms with Crippen LogP contribution in [0.4, 0.5) is 0 Å². The first-order chi connectivity index (χ1) is 9.63. The van der Waals surface area contributed by atoms with Gasteiger partial charge < -0.3 is 0 Å². The number of fused-ring (bicyclic) bond motifs is 1. The lowest BCUT2D eigenvalue weighted by Crippen LogP contribution is -2.29. The highest BCUT2D eigenvalue weighted by molar-refractivity contribution is 7.11.